The molecular formula is C20H21Cl2IN2O3. The molecule has 0 aliphatic heterocycles. The summed E-state index contributed by atoms with van der Waals surface area (Å²) in [6.45, 7) is 5.41. The Morgan fingerprint density at radius 3 is 1.96 bits per heavy atom. The standard InChI is InChI=1S/C20H21Cl2IN2O3/c1-20(2,3)25(19(27)14-9-15(21)11-16(22)10-14)24(12-28-4)18(26)13-5-7-17(23)8-6-13/h5-11H,12H2,1-4H3. The van der Waals surface area contributed by atoms with Gasteiger partial charge in [0.2, 0.25) is 0 Å². The van der Waals surface area contributed by atoms with Crippen molar-refractivity contribution in [3.63, 3.8) is 0 Å². The minimum Gasteiger partial charge on any atom is -0.362 e. The molecule has 0 N–H and O–H groups in total. The van der Waals surface area contributed by atoms with Crippen LogP contribution in [0.25, 0.3) is 0 Å². The summed E-state index contributed by atoms with van der Waals surface area (Å²) in [5.41, 5.74) is 0.0103. The Labute approximate surface area is 188 Å². The Morgan fingerprint density at radius 2 is 1.50 bits per heavy atom. The SMILES string of the molecule is COCN(C(=O)c1ccc(I)cc1)N(C(=O)c1cc(Cl)cc(Cl)c1)C(C)(C)C. The normalized spacial score (nSPS) is 11.2. The van der Waals surface area contributed by atoms with Gasteiger partial charge in [0.1, 0.15) is 6.73 Å². The van der Waals surface area contributed by atoms with Crippen LogP contribution in [0.1, 0.15) is 41.5 Å². The van der Waals surface area contributed by atoms with Gasteiger partial charge in [-0.25, -0.2) is 10.0 Å². The van der Waals surface area contributed by atoms with Gasteiger partial charge in [-0.3, -0.25) is 9.59 Å². The third kappa shape index (κ3) is 5.59. The molecule has 0 heterocycles. The summed E-state index contributed by atoms with van der Waals surface area (Å²) >= 11 is 14.3. The van der Waals surface area contributed by atoms with Gasteiger partial charge in [-0.15, -0.1) is 0 Å². The highest BCUT2D eigenvalue weighted by molar-refractivity contribution is 14.1. The van der Waals surface area contributed by atoms with Gasteiger partial charge in [-0.2, -0.15) is 0 Å². The molecule has 0 spiro atoms. The van der Waals surface area contributed by atoms with E-state index in [0.717, 1.165) is 3.57 Å². The van der Waals surface area contributed by atoms with E-state index in [1.807, 2.05) is 32.9 Å². The Morgan fingerprint density at radius 1 is 0.964 bits per heavy atom. The highest BCUT2D eigenvalue weighted by atomic mass is 127. The number of methoxy groups -OCH3 is 1. The number of hydrogen-bond acceptors (Lipinski definition) is 3. The van der Waals surface area contributed by atoms with Crippen molar-refractivity contribution in [1.82, 2.24) is 10.0 Å². The van der Waals surface area contributed by atoms with Crippen LogP contribution in [0.4, 0.5) is 0 Å². The fourth-order valence-electron chi connectivity index (χ4n) is 2.65. The lowest BCUT2D eigenvalue weighted by atomic mass is 10.1. The largest absolute Gasteiger partial charge is 0.362 e. The van der Waals surface area contributed by atoms with Crippen LogP contribution >= 0.6 is 45.8 Å². The maximum atomic E-state index is 13.4. The molecule has 8 heteroatoms. The average molecular weight is 535 g/mol. The van der Waals surface area contributed by atoms with Crippen molar-refractivity contribution in [3.8, 4) is 0 Å². The number of hydrogen-bond donors (Lipinski definition) is 0. The number of halogens is 3. The Kier molecular flexibility index (Phi) is 7.73. The minimum absolute atomic E-state index is 0.0951. The smallest absolute Gasteiger partial charge is 0.274 e. The van der Waals surface area contributed by atoms with E-state index in [-0.39, 0.29) is 18.2 Å². The molecule has 2 amide bonds. The number of nitrogens with zero attached hydrogens (tertiary/aromatic N) is 2. The molecule has 28 heavy (non-hydrogen) atoms. The molecule has 2 rings (SSSR count). The first-order valence-corrected chi connectivity index (χ1v) is 10.2. The Hall–Kier alpha value is -1.35. The molecule has 0 saturated carbocycles. The first-order chi connectivity index (χ1) is 13.0. The zero-order chi connectivity index (χ0) is 21.1. The van der Waals surface area contributed by atoms with Gasteiger partial charge >= 0.3 is 0 Å². The second-order valence-electron chi connectivity index (χ2n) is 7.08. The fraction of sp³-hybridized carbons (Fsp3) is 0.300. The van der Waals surface area contributed by atoms with Crippen LogP contribution < -0.4 is 0 Å². The van der Waals surface area contributed by atoms with E-state index in [2.05, 4.69) is 22.6 Å². The molecule has 0 atom stereocenters. The molecule has 2 aromatic rings. The molecular weight excluding hydrogens is 514 g/mol. The zero-order valence-electron chi connectivity index (χ0n) is 16.0. The predicted octanol–water partition coefficient (Wildman–Crippen LogP) is 5.50. The topological polar surface area (TPSA) is 49.9 Å². The molecule has 0 fully saturated rings. The molecule has 0 unspecified atom stereocenters. The lowest BCUT2D eigenvalue weighted by Crippen LogP contribution is -2.58. The number of hydrazine groups is 1. The van der Waals surface area contributed by atoms with Crippen molar-refractivity contribution >= 4 is 57.6 Å². The molecule has 2 aromatic carbocycles. The summed E-state index contributed by atoms with van der Waals surface area (Å²) < 4.78 is 6.24. The van der Waals surface area contributed by atoms with Crippen LogP contribution in [0.3, 0.4) is 0 Å². The molecule has 5 nitrogen and oxygen atoms in total. The maximum absolute atomic E-state index is 13.4. The number of amides is 2. The van der Waals surface area contributed by atoms with Crippen LogP contribution in [-0.2, 0) is 4.74 Å². The van der Waals surface area contributed by atoms with E-state index in [4.69, 9.17) is 27.9 Å². The van der Waals surface area contributed by atoms with Crippen LogP contribution in [0.2, 0.25) is 10.0 Å². The van der Waals surface area contributed by atoms with Crippen LogP contribution in [0, 0.1) is 3.57 Å². The first-order valence-electron chi connectivity index (χ1n) is 8.41. The number of benzene rings is 2. The van der Waals surface area contributed by atoms with E-state index in [0.29, 0.717) is 15.6 Å². The molecule has 0 aliphatic carbocycles. The van der Waals surface area contributed by atoms with Crippen molar-refractivity contribution in [2.45, 2.75) is 26.3 Å². The van der Waals surface area contributed by atoms with Crippen molar-refractivity contribution in [2.24, 2.45) is 0 Å². The van der Waals surface area contributed by atoms with E-state index >= 15 is 0 Å². The number of carbonyl (C=O) groups excluding carboxylic acids is 2. The fourth-order valence-corrected chi connectivity index (χ4v) is 3.53. The number of ether oxygens (including phenoxy) is 1. The molecule has 0 radical (unpaired) electrons. The average Bonchev–Trinajstić information content (AvgIpc) is 2.59. The summed E-state index contributed by atoms with van der Waals surface area (Å²) in [5, 5.41) is 3.34. The van der Waals surface area contributed by atoms with Gasteiger partial charge in [-0.05, 0) is 85.8 Å². The van der Waals surface area contributed by atoms with Gasteiger partial charge in [-0.1, -0.05) is 23.2 Å². The summed E-state index contributed by atoms with van der Waals surface area (Å²) in [4.78, 5) is 26.6. The maximum Gasteiger partial charge on any atom is 0.274 e. The van der Waals surface area contributed by atoms with Crippen molar-refractivity contribution in [2.75, 3.05) is 13.8 Å². The molecule has 0 aromatic heterocycles. The monoisotopic (exact) mass is 534 g/mol. The van der Waals surface area contributed by atoms with Crippen LogP contribution in [0.5, 0.6) is 0 Å². The molecule has 0 aliphatic rings. The highest BCUT2D eigenvalue weighted by Gasteiger charge is 2.36. The second-order valence-corrected chi connectivity index (χ2v) is 9.19. The van der Waals surface area contributed by atoms with E-state index < -0.39 is 11.4 Å². The second kappa shape index (κ2) is 9.43. The summed E-state index contributed by atoms with van der Waals surface area (Å²) in [6, 6.07) is 11.7. The van der Waals surface area contributed by atoms with Crippen LogP contribution in [0.15, 0.2) is 42.5 Å². The van der Waals surface area contributed by atoms with Gasteiger partial charge in [0, 0.05) is 31.9 Å². The van der Waals surface area contributed by atoms with E-state index in [1.165, 1.54) is 29.3 Å². The lowest BCUT2D eigenvalue weighted by Gasteiger charge is -2.43. The van der Waals surface area contributed by atoms with Gasteiger partial charge in [0.15, 0.2) is 0 Å². The lowest BCUT2D eigenvalue weighted by molar-refractivity contribution is -0.0863. The molecule has 150 valence electrons. The minimum atomic E-state index is -0.719. The van der Waals surface area contributed by atoms with Crippen LogP contribution in [-0.4, -0.2) is 41.2 Å². The third-order valence-corrected chi connectivity index (χ3v) is 4.91. The Bertz CT molecular complexity index is 846. The predicted molar refractivity (Wildman–Crippen MR) is 120 cm³/mol. The number of rotatable bonds is 4. The van der Waals surface area contributed by atoms with Crippen molar-refractivity contribution < 1.29 is 14.3 Å². The zero-order valence-corrected chi connectivity index (χ0v) is 19.7. The van der Waals surface area contributed by atoms with E-state index in [1.54, 1.807) is 18.2 Å². The summed E-state index contributed by atoms with van der Waals surface area (Å²) in [5.74, 6) is -0.762. The quantitative estimate of drug-likeness (QED) is 0.295. The van der Waals surface area contributed by atoms with Gasteiger partial charge in [0.25, 0.3) is 11.8 Å². The van der Waals surface area contributed by atoms with Crippen molar-refractivity contribution in [1.29, 1.82) is 0 Å². The third-order valence-electron chi connectivity index (χ3n) is 3.76. The molecule has 0 saturated heterocycles. The van der Waals surface area contributed by atoms with Gasteiger partial charge in [0.05, 0.1) is 5.54 Å². The first kappa shape index (κ1) is 22.9. The van der Waals surface area contributed by atoms with Crippen molar-refractivity contribution in [3.05, 3.63) is 67.2 Å². The highest BCUT2D eigenvalue weighted by Crippen LogP contribution is 2.26. The molecule has 0 bridgehead atoms. The van der Waals surface area contributed by atoms with Gasteiger partial charge < -0.3 is 4.74 Å². The van der Waals surface area contributed by atoms with E-state index in [9.17, 15) is 9.59 Å². The summed E-state index contributed by atoms with van der Waals surface area (Å²) in [6.07, 6.45) is 0. The Balaban J connectivity index is 2.51. The summed E-state index contributed by atoms with van der Waals surface area (Å²) in [7, 11) is 1.47. The number of carbonyl (C=O) groups is 2.